The van der Waals surface area contributed by atoms with Gasteiger partial charge < -0.3 is 18.3 Å². The Morgan fingerprint density at radius 3 is 0.656 bits per heavy atom. The molecule has 4 fully saturated rings. The molecular formula is C57H93N4+3. The number of nitrogens with zero attached hydrogens (tertiary/aromatic N) is 4. The summed E-state index contributed by atoms with van der Waals surface area (Å²) in [7, 11) is 0. The van der Waals surface area contributed by atoms with Gasteiger partial charge in [0, 0.05) is 16.7 Å². The third-order valence-electron chi connectivity index (χ3n) is 15.7. The summed E-state index contributed by atoms with van der Waals surface area (Å²) < 4.78 is 3.95. The van der Waals surface area contributed by atoms with Crippen LogP contribution in [0, 0.1) is 0 Å². The van der Waals surface area contributed by atoms with Crippen molar-refractivity contribution in [1.29, 1.82) is 0 Å². The summed E-state index contributed by atoms with van der Waals surface area (Å²) in [6, 6.07) is 35.0. The molecule has 0 amide bonds. The molecule has 61 heavy (non-hydrogen) atoms. The maximum atomic E-state index is 2.91. The fourth-order valence-electron chi connectivity index (χ4n) is 12.1. The summed E-state index contributed by atoms with van der Waals surface area (Å²) in [5, 5.41) is 0. The number of benzene rings is 3. The average Bonchev–Trinajstić information content (AvgIpc) is 3.28. The van der Waals surface area contributed by atoms with Gasteiger partial charge in [-0.25, -0.2) is 0 Å². The smallest absolute Gasteiger partial charge is 0.104 e. The van der Waals surface area contributed by atoms with Crippen molar-refractivity contribution in [1.82, 2.24) is 4.90 Å². The molecule has 0 radical (unpaired) electrons. The maximum Gasteiger partial charge on any atom is 0.104 e. The Hall–Kier alpha value is -2.50. The summed E-state index contributed by atoms with van der Waals surface area (Å²) >= 11 is 0. The van der Waals surface area contributed by atoms with E-state index >= 15 is 0 Å². The molecule has 3 aromatic rings. The minimum atomic E-state index is 1.22. The molecule has 3 aromatic carbocycles. The van der Waals surface area contributed by atoms with Crippen molar-refractivity contribution in [2.24, 2.45) is 0 Å². The zero-order chi connectivity index (χ0) is 42.0. The van der Waals surface area contributed by atoms with E-state index in [4.69, 9.17) is 0 Å². The van der Waals surface area contributed by atoms with Gasteiger partial charge in [-0.05, 0) is 154 Å². The van der Waals surface area contributed by atoms with Gasteiger partial charge in [0.2, 0.25) is 0 Å². The van der Waals surface area contributed by atoms with Crippen molar-refractivity contribution in [3.8, 4) is 0 Å². The van der Waals surface area contributed by atoms with Gasteiger partial charge in [-0.1, -0.05) is 110 Å². The van der Waals surface area contributed by atoms with E-state index < -0.39 is 0 Å². The van der Waals surface area contributed by atoms with Crippen LogP contribution in [0.2, 0.25) is 0 Å². The molecule has 0 atom stereocenters. The van der Waals surface area contributed by atoms with Gasteiger partial charge in [0.1, 0.15) is 19.6 Å². The molecule has 4 aliphatic heterocycles. The van der Waals surface area contributed by atoms with E-state index in [9.17, 15) is 0 Å². The molecule has 4 heterocycles. The summed E-state index contributed by atoms with van der Waals surface area (Å²) in [6.45, 7) is 19.9. The topological polar surface area (TPSA) is 3.24 Å². The first-order chi connectivity index (χ1) is 30.1. The fourth-order valence-corrected chi connectivity index (χ4v) is 12.1. The molecule has 7 rings (SSSR count). The highest BCUT2D eigenvalue weighted by Crippen LogP contribution is 2.27. The van der Waals surface area contributed by atoms with Crippen molar-refractivity contribution in [2.45, 2.75) is 174 Å². The monoisotopic (exact) mass is 834 g/mol. The van der Waals surface area contributed by atoms with Crippen LogP contribution in [0.15, 0.2) is 91.0 Å². The van der Waals surface area contributed by atoms with Crippen molar-refractivity contribution < 1.29 is 13.4 Å². The Kier molecular flexibility index (Phi) is 21.7. The SMILES string of the molecule is c1ccc(C[N+]23CCCCCCN4CCCCCC[N+](Cc5ccccc5)(CCCCCC2)CCCCCC[N+](Cc2ccccc2)(CCCCCC4)CCCCCC3)cc1. The van der Waals surface area contributed by atoms with E-state index in [1.807, 2.05) is 0 Å². The van der Waals surface area contributed by atoms with Crippen LogP contribution in [0.3, 0.4) is 0 Å². The number of quaternary nitrogens is 3. The number of rotatable bonds is 6. The predicted octanol–water partition coefficient (Wildman–Crippen LogP) is 13.7. The van der Waals surface area contributed by atoms with Crippen molar-refractivity contribution in [3.63, 3.8) is 0 Å². The van der Waals surface area contributed by atoms with E-state index in [1.165, 1.54) is 266 Å². The highest BCUT2D eigenvalue weighted by molar-refractivity contribution is 5.15. The van der Waals surface area contributed by atoms with Gasteiger partial charge in [0.25, 0.3) is 0 Å². The lowest BCUT2D eigenvalue weighted by atomic mass is 10.0. The van der Waals surface area contributed by atoms with Crippen LogP contribution in [0.4, 0.5) is 0 Å². The molecule has 0 spiro atoms. The molecule has 4 nitrogen and oxygen atoms in total. The number of hydrogen-bond acceptors (Lipinski definition) is 1. The van der Waals surface area contributed by atoms with Crippen LogP contribution in [-0.4, -0.2) is 96.9 Å². The van der Waals surface area contributed by atoms with E-state index in [0.717, 1.165) is 0 Å². The second-order valence-corrected chi connectivity index (χ2v) is 20.8. The van der Waals surface area contributed by atoms with Crippen LogP contribution in [0.25, 0.3) is 0 Å². The minimum Gasteiger partial charge on any atom is -0.320 e. The lowest BCUT2D eigenvalue weighted by Gasteiger charge is -2.40. The third-order valence-corrected chi connectivity index (χ3v) is 15.7. The van der Waals surface area contributed by atoms with Crippen molar-refractivity contribution in [3.05, 3.63) is 108 Å². The molecule has 4 aliphatic rings. The molecule has 4 saturated heterocycles. The maximum absolute atomic E-state index is 2.91. The van der Waals surface area contributed by atoms with E-state index in [2.05, 4.69) is 95.9 Å². The second kappa shape index (κ2) is 27.6. The standard InChI is InChI=1S/C57H93N4/c1-4-25-43-59(52-55-34-16-13-17-35-55)46-28-7-9-30-48-60(53-56-36-18-14-19-37-56)44-26-5-2-23-41-58(40-22-1)42-24-3-6-27-45-61(49-31-10-8-29-47-59,51-33-12-11-32-50-60)54-57-38-20-15-21-39-57/h13-21,34-39H,1-12,22-33,40-54H2/q+3. The zero-order valence-corrected chi connectivity index (χ0v) is 39.5. The molecule has 0 aromatic heterocycles. The zero-order valence-electron chi connectivity index (χ0n) is 39.5. The highest BCUT2D eigenvalue weighted by atomic mass is 15.4. The van der Waals surface area contributed by atoms with Crippen LogP contribution >= 0.6 is 0 Å². The first kappa shape index (κ1) is 48.0. The minimum absolute atomic E-state index is 1.22. The predicted molar refractivity (Wildman–Crippen MR) is 262 cm³/mol. The summed E-state index contributed by atoms with van der Waals surface area (Å²) in [4.78, 5) is 2.91. The average molecular weight is 834 g/mol. The third kappa shape index (κ3) is 17.9. The lowest BCUT2D eigenvalue weighted by molar-refractivity contribution is -0.942. The molecule has 0 saturated carbocycles. The van der Waals surface area contributed by atoms with E-state index in [0.29, 0.717) is 0 Å². The molecule has 338 valence electrons. The van der Waals surface area contributed by atoms with E-state index in [1.54, 1.807) is 16.7 Å². The van der Waals surface area contributed by atoms with E-state index in [-0.39, 0.29) is 0 Å². The lowest BCUT2D eigenvalue weighted by Crippen LogP contribution is -2.49. The molecule has 4 heteroatoms. The van der Waals surface area contributed by atoms with Gasteiger partial charge in [0.05, 0.1) is 58.9 Å². The van der Waals surface area contributed by atoms with Crippen LogP contribution < -0.4 is 0 Å². The molecular weight excluding hydrogens is 741 g/mol. The normalized spacial score (nSPS) is 28.8. The highest BCUT2D eigenvalue weighted by Gasteiger charge is 2.31. The first-order valence-electron chi connectivity index (χ1n) is 26.5. The molecule has 0 aliphatic carbocycles. The first-order valence-corrected chi connectivity index (χ1v) is 26.5. The fraction of sp³-hybridized carbons (Fsp3) is 0.684. The molecule has 4 bridgehead atoms. The number of fused-ring (bicyclic) bond motifs is 30. The Labute approximate surface area is 376 Å². The Bertz CT molecular complexity index is 1320. The number of hydrogen-bond donors (Lipinski definition) is 0. The van der Waals surface area contributed by atoms with Crippen LogP contribution in [0.5, 0.6) is 0 Å². The summed E-state index contributed by atoms with van der Waals surface area (Å²) in [5.41, 5.74) is 4.68. The quantitative estimate of drug-likeness (QED) is 0.224. The van der Waals surface area contributed by atoms with Crippen molar-refractivity contribution >= 4 is 0 Å². The van der Waals surface area contributed by atoms with Gasteiger partial charge in [0.15, 0.2) is 0 Å². The Morgan fingerprint density at radius 2 is 0.443 bits per heavy atom. The van der Waals surface area contributed by atoms with Crippen molar-refractivity contribution in [2.75, 3.05) is 78.5 Å². The summed E-state index contributed by atoms with van der Waals surface area (Å²) in [5.74, 6) is 0. The Morgan fingerprint density at radius 1 is 0.246 bits per heavy atom. The van der Waals surface area contributed by atoms with Gasteiger partial charge >= 0.3 is 0 Å². The van der Waals surface area contributed by atoms with Gasteiger partial charge in [-0.2, -0.15) is 0 Å². The molecule has 0 N–H and O–H groups in total. The summed E-state index contributed by atoms with van der Waals surface area (Å²) in [6.07, 6.45) is 33.5. The van der Waals surface area contributed by atoms with Crippen LogP contribution in [0.1, 0.15) is 171 Å². The Balaban J connectivity index is 1.32. The molecule has 0 unspecified atom stereocenters. The van der Waals surface area contributed by atoms with Crippen LogP contribution in [-0.2, 0) is 19.6 Å². The van der Waals surface area contributed by atoms with Gasteiger partial charge in [-0.15, -0.1) is 0 Å². The second-order valence-electron chi connectivity index (χ2n) is 20.8. The largest absolute Gasteiger partial charge is 0.320 e. The van der Waals surface area contributed by atoms with Gasteiger partial charge in [-0.3, -0.25) is 0 Å².